The molecule has 0 aliphatic rings. The van der Waals surface area contributed by atoms with Crippen molar-refractivity contribution in [3.8, 4) is 0 Å². The van der Waals surface area contributed by atoms with Crippen molar-refractivity contribution in [3.05, 3.63) is 76.4 Å². The smallest absolute Gasteiger partial charge is 0.416 e. The Balaban J connectivity index is 1.89. The summed E-state index contributed by atoms with van der Waals surface area (Å²) < 4.78 is 7.04. The average Bonchev–Trinajstić information content (AvgIpc) is 3.26. The number of pyridine rings is 1. The number of hydrogen-bond donors (Lipinski definition) is 4. The van der Waals surface area contributed by atoms with Crippen molar-refractivity contribution < 1.29 is 29.0 Å². The van der Waals surface area contributed by atoms with Gasteiger partial charge in [0.15, 0.2) is 0 Å². The lowest BCUT2D eigenvalue weighted by Crippen LogP contribution is -2.44. The fourth-order valence-electron chi connectivity index (χ4n) is 4.39. The Morgan fingerprint density at radius 3 is 2.55 bits per heavy atom. The molecule has 0 aliphatic heterocycles. The van der Waals surface area contributed by atoms with Gasteiger partial charge in [0.2, 0.25) is 11.8 Å². The molecule has 0 radical (unpaired) electrons. The molecule has 2 heterocycles. The molecule has 12 nitrogen and oxygen atoms in total. The second-order valence-electron chi connectivity index (χ2n) is 9.62. The van der Waals surface area contributed by atoms with Gasteiger partial charge in [0.25, 0.3) is 5.56 Å². The molecule has 12 heteroatoms. The number of hydrogen-bond acceptors (Lipinski definition) is 6. The van der Waals surface area contributed by atoms with Gasteiger partial charge in [0.1, 0.15) is 11.7 Å². The van der Waals surface area contributed by atoms with Gasteiger partial charge in [-0.25, -0.2) is 14.2 Å². The first-order chi connectivity index (χ1) is 19.0. The first-order valence-corrected chi connectivity index (χ1v) is 12.7. The zero-order chi connectivity index (χ0) is 29.4. The molecule has 3 amide bonds. The number of nitrogens with zero attached hydrogens (tertiary/aromatic N) is 2. The van der Waals surface area contributed by atoms with E-state index in [0.717, 1.165) is 35.1 Å². The second-order valence-corrected chi connectivity index (χ2v) is 9.62. The van der Waals surface area contributed by atoms with Crippen LogP contribution in [0.3, 0.4) is 0 Å². The molecule has 40 heavy (non-hydrogen) atoms. The van der Waals surface area contributed by atoms with Crippen LogP contribution in [0.15, 0.2) is 59.5 Å². The normalized spacial score (nSPS) is 12.0. The van der Waals surface area contributed by atoms with Gasteiger partial charge in [-0.05, 0) is 61.1 Å². The van der Waals surface area contributed by atoms with Crippen LogP contribution >= 0.6 is 0 Å². The molecule has 0 saturated carbocycles. The van der Waals surface area contributed by atoms with Crippen LogP contribution in [-0.2, 0) is 27.3 Å². The number of nitrogens with one attached hydrogen (secondary N) is 2. The lowest BCUT2D eigenvalue weighted by molar-refractivity contribution is -0.118. The zero-order valence-corrected chi connectivity index (χ0v) is 22.5. The number of primary amides is 1. The fourth-order valence-corrected chi connectivity index (χ4v) is 4.39. The molecule has 5 N–H and O–H groups in total. The summed E-state index contributed by atoms with van der Waals surface area (Å²) in [4.78, 5) is 61.1. The molecule has 0 bridgehead atoms. The number of carboxylic acid groups (broad SMARTS) is 1. The Morgan fingerprint density at radius 1 is 1.15 bits per heavy atom. The Hall–Kier alpha value is -4.87. The van der Waals surface area contributed by atoms with Crippen LogP contribution in [0.25, 0.3) is 10.9 Å². The summed E-state index contributed by atoms with van der Waals surface area (Å²) in [6.45, 7) is 4.10. The first kappa shape index (κ1) is 29.7. The monoisotopic (exact) mass is 551 g/mol. The maximum absolute atomic E-state index is 13.3. The van der Waals surface area contributed by atoms with Crippen LogP contribution < -0.4 is 21.9 Å². The number of aromatic nitrogens is 2. The molecule has 3 aromatic rings. The standard InChI is InChI=1S/C28H33N5O7/c1-17(2)14-18-8-6-11-23-20(18)15-19(33(23)28(38)39)16-32-13-7-10-22(26(32)36)30-25(35)21(31-27(37)40-3)9-4-5-12-24(29)34/h5-8,10-13,15,17,21H,4,9,14,16H2,1-3H3,(H2,29,34)(H,30,35)(H,31,37)(H,38,39)/b12-5+/t21-/m0/s1. The number of methoxy groups -OCH3 is 1. The third-order valence-electron chi connectivity index (χ3n) is 6.14. The van der Waals surface area contributed by atoms with Crippen LogP contribution in [0.4, 0.5) is 15.3 Å². The third kappa shape index (κ3) is 7.37. The average molecular weight is 552 g/mol. The number of allylic oxidation sites excluding steroid dienone is 1. The largest absolute Gasteiger partial charge is 0.464 e. The molecule has 0 spiro atoms. The predicted molar refractivity (Wildman–Crippen MR) is 149 cm³/mol. The highest BCUT2D eigenvalue weighted by Gasteiger charge is 2.22. The van der Waals surface area contributed by atoms with Gasteiger partial charge in [-0.3, -0.25) is 14.4 Å². The van der Waals surface area contributed by atoms with Crippen LogP contribution in [0.2, 0.25) is 0 Å². The number of anilines is 1. The molecule has 212 valence electrons. The summed E-state index contributed by atoms with van der Waals surface area (Å²) >= 11 is 0. The molecule has 0 aliphatic carbocycles. The SMILES string of the molecule is COC(=O)N[C@@H](CC/C=C/C(N)=O)C(=O)Nc1cccn(Cc2cc3c(CC(C)C)cccc3n2C(=O)O)c1=O. The maximum atomic E-state index is 13.3. The highest BCUT2D eigenvalue weighted by molar-refractivity contribution is 5.96. The van der Waals surface area contributed by atoms with Crippen molar-refractivity contribution in [1.82, 2.24) is 14.5 Å². The first-order valence-electron chi connectivity index (χ1n) is 12.7. The highest BCUT2D eigenvalue weighted by atomic mass is 16.5. The van der Waals surface area contributed by atoms with Gasteiger partial charge in [0, 0.05) is 11.6 Å². The van der Waals surface area contributed by atoms with Crippen molar-refractivity contribution >= 4 is 40.6 Å². The van der Waals surface area contributed by atoms with Gasteiger partial charge in [0.05, 0.1) is 24.9 Å². The van der Waals surface area contributed by atoms with E-state index in [-0.39, 0.29) is 25.1 Å². The summed E-state index contributed by atoms with van der Waals surface area (Å²) in [7, 11) is 1.15. The topological polar surface area (TPSA) is 175 Å². The Morgan fingerprint density at radius 2 is 1.90 bits per heavy atom. The highest BCUT2D eigenvalue weighted by Crippen LogP contribution is 2.26. The molecule has 0 saturated heterocycles. The number of alkyl carbamates (subject to hydrolysis) is 1. The van der Waals surface area contributed by atoms with E-state index in [2.05, 4.69) is 29.2 Å². The van der Waals surface area contributed by atoms with Gasteiger partial charge < -0.3 is 30.8 Å². The quantitative estimate of drug-likeness (QED) is 0.265. The van der Waals surface area contributed by atoms with Gasteiger partial charge in [-0.1, -0.05) is 32.1 Å². The summed E-state index contributed by atoms with van der Waals surface area (Å²) in [6.07, 6.45) is 3.19. The molecule has 0 unspecified atom stereocenters. The number of nitrogens with two attached hydrogens (primary N) is 1. The van der Waals surface area contributed by atoms with E-state index in [1.165, 1.54) is 22.9 Å². The number of carbonyl (C=O) groups is 4. The molecular weight excluding hydrogens is 518 g/mol. The molecular formula is C28H33N5O7. The molecule has 1 atom stereocenters. The summed E-state index contributed by atoms with van der Waals surface area (Å²) in [6, 6.07) is 9.15. The van der Waals surface area contributed by atoms with E-state index in [0.29, 0.717) is 17.1 Å². The Labute approximate surface area is 230 Å². The number of ether oxygens (including phenoxy) is 1. The maximum Gasteiger partial charge on any atom is 0.416 e. The van der Waals surface area contributed by atoms with Crippen LogP contribution in [0, 0.1) is 5.92 Å². The minimum atomic E-state index is -1.17. The predicted octanol–water partition coefficient (Wildman–Crippen LogP) is 3.06. The van der Waals surface area contributed by atoms with E-state index in [4.69, 9.17) is 5.73 Å². The lowest BCUT2D eigenvalue weighted by Gasteiger charge is -2.17. The third-order valence-corrected chi connectivity index (χ3v) is 6.14. The minimum absolute atomic E-state index is 0.0599. The van der Waals surface area contributed by atoms with Crippen molar-refractivity contribution in [2.45, 2.75) is 45.7 Å². The Kier molecular flexibility index (Phi) is 9.85. The molecule has 0 fully saturated rings. The number of fused-ring (bicyclic) bond motifs is 1. The van der Waals surface area contributed by atoms with Gasteiger partial charge in [-0.15, -0.1) is 0 Å². The van der Waals surface area contributed by atoms with Gasteiger partial charge >= 0.3 is 12.2 Å². The number of carbonyl (C=O) groups excluding carboxylic acids is 3. The van der Waals surface area contributed by atoms with Crippen LogP contribution in [0.5, 0.6) is 0 Å². The van der Waals surface area contributed by atoms with Crippen molar-refractivity contribution in [1.29, 1.82) is 0 Å². The van der Waals surface area contributed by atoms with Gasteiger partial charge in [-0.2, -0.15) is 0 Å². The van der Waals surface area contributed by atoms with Crippen LogP contribution in [-0.4, -0.2) is 51.4 Å². The zero-order valence-electron chi connectivity index (χ0n) is 22.5. The molecule has 3 rings (SSSR count). The number of amides is 3. The van der Waals surface area contributed by atoms with Crippen molar-refractivity contribution in [2.75, 3.05) is 12.4 Å². The summed E-state index contributed by atoms with van der Waals surface area (Å²) in [5.41, 5.74) is 6.37. The van der Waals surface area contributed by atoms with E-state index in [1.54, 1.807) is 18.2 Å². The fraction of sp³-hybridized carbons (Fsp3) is 0.321. The minimum Gasteiger partial charge on any atom is -0.464 e. The Bertz CT molecular complexity index is 1500. The second kappa shape index (κ2) is 13.3. The van der Waals surface area contributed by atoms with E-state index in [1.807, 2.05) is 12.1 Å². The van der Waals surface area contributed by atoms with Crippen molar-refractivity contribution in [2.24, 2.45) is 11.7 Å². The van der Waals surface area contributed by atoms with Crippen molar-refractivity contribution in [3.63, 3.8) is 0 Å². The number of rotatable bonds is 11. The molecule has 2 aromatic heterocycles. The number of benzene rings is 1. The molecule has 1 aromatic carbocycles. The van der Waals surface area contributed by atoms with Crippen LogP contribution in [0.1, 0.15) is 37.9 Å². The van der Waals surface area contributed by atoms with E-state index < -0.39 is 35.6 Å². The summed E-state index contributed by atoms with van der Waals surface area (Å²) in [5, 5.41) is 15.7. The summed E-state index contributed by atoms with van der Waals surface area (Å²) in [5.74, 6) is -0.961. The lowest BCUT2D eigenvalue weighted by atomic mass is 10.00. The van der Waals surface area contributed by atoms with E-state index in [9.17, 15) is 29.1 Å². The van der Waals surface area contributed by atoms with E-state index >= 15 is 0 Å².